The van der Waals surface area contributed by atoms with Crippen molar-refractivity contribution in [2.75, 3.05) is 26.7 Å². The number of hydrogen-bond donors (Lipinski definition) is 1. The first-order chi connectivity index (χ1) is 9.59. The van der Waals surface area contributed by atoms with Gasteiger partial charge in [-0.3, -0.25) is 4.79 Å². The molecule has 0 spiro atoms. The molecule has 4 nitrogen and oxygen atoms in total. The van der Waals surface area contributed by atoms with Crippen LogP contribution in [0.3, 0.4) is 0 Å². The molecule has 2 unspecified atom stereocenters. The number of carbonyl (C=O) groups excluding carboxylic acids is 1. The molecule has 0 saturated carbocycles. The van der Waals surface area contributed by atoms with Gasteiger partial charge in [0.05, 0.1) is 12.6 Å². The summed E-state index contributed by atoms with van der Waals surface area (Å²) >= 11 is 0. The molecule has 1 aliphatic rings. The van der Waals surface area contributed by atoms with Gasteiger partial charge in [0.25, 0.3) is 0 Å². The summed E-state index contributed by atoms with van der Waals surface area (Å²) in [5.74, 6) is 1.48. The van der Waals surface area contributed by atoms with E-state index in [1.54, 1.807) is 4.90 Å². The van der Waals surface area contributed by atoms with E-state index in [0.717, 1.165) is 24.3 Å². The predicted octanol–water partition coefficient (Wildman–Crippen LogP) is 1.83. The van der Waals surface area contributed by atoms with E-state index in [1.807, 2.05) is 38.2 Å². The highest BCUT2D eigenvalue weighted by atomic mass is 16.5. The van der Waals surface area contributed by atoms with Gasteiger partial charge < -0.3 is 15.0 Å². The lowest BCUT2D eigenvalue weighted by molar-refractivity contribution is -0.132. The van der Waals surface area contributed by atoms with Crippen LogP contribution in [0.15, 0.2) is 24.3 Å². The Bertz CT molecular complexity index is 462. The fourth-order valence-corrected chi connectivity index (χ4v) is 2.52. The summed E-state index contributed by atoms with van der Waals surface area (Å²) in [6.07, 6.45) is 1.07. The molecule has 1 aromatic carbocycles. The van der Waals surface area contributed by atoms with Gasteiger partial charge in [0.15, 0.2) is 0 Å². The highest BCUT2D eigenvalue weighted by Gasteiger charge is 2.31. The lowest BCUT2D eigenvalue weighted by Gasteiger charge is -2.23. The second kappa shape index (κ2) is 6.75. The fourth-order valence-electron chi connectivity index (χ4n) is 2.52. The molecule has 0 radical (unpaired) electrons. The van der Waals surface area contributed by atoms with Gasteiger partial charge >= 0.3 is 0 Å². The Labute approximate surface area is 121 Å². The van der Waals surface area contributed by atoms with E-state index in [1.165, 1.54) is 0 Å². The maximum Gasteiger partial charge on any atom is 0.239 e. The number of hydrogen-bond acceptors (Lipinski definition) is 3. The van der Waals surface area contributed by atoms with E-state index in [9.17, 15) is 4.79 Å². The highest BCUT2D eigenvalue weighted by Crippen LogP contribution is 2.17. The quantitative estimate of drug-likeness (QED) is 0.892. The lowest BCUT2D eigenvalue weighted by Crippen LogP contribution is -2.45. The van der Waals surface area contributed by atoms with Crippen LogP contribution in [0.5, 0.6) is 5.75 Å². The van der Waals surface area contributed by atoms with Crippen LogP contribution in [-0.2, 0) is 4.79 Å². The van der Waals surface area contributed by atoms with Crippen molar-refractivity contribution in [3.05, 3.63) is 29.8 Å². The van der Waals surface area contributed by atoms with Crippen molar-refractivity contribution in [1.82, 2.24) is 10.2 Å². The Morgan fingerprint density at radius 3 is 2.85 bits per heavy atom. The van der Waals surface area contributed by atoms with Gasteiger partial charge in [0, 0.05) is 7.05 Å². The summed E-state index contributed by atoms with van der Waals surface area (Å²) in [5.41, 5.74) is 1.12. The summed E-state index contributed by atoms with van der Waals surface area (Å²) in [5, 5.41) is 3.27. The number of nitrogens with one attached hydrogen (secondary N) is 1. The van der Waals surface area contributed by atoms with Crippen LogP contribution in [0.4, 0.5) is 0 Å². The minimum atomic E-state index is -0.0292. The number of nitrogens with zero attached hydrogens (tertiary/aromatic N) is 1. The van der Waals surface area contributed by atoms with E-state index in [2.05, 4.69) is 12.2 Å². The molecule has 1 fully saturated rings. The van der Waals surface area contributed by atoms with Gasteiger partial charge in [-0.25, -0.2) is 0 Å². The van der Waals surface area contributed by atoms with E-state index in [-0.39, 0.29) is 11.9 Å². The minimum absolute atomic E-state index is 0.0292. The van der Waals surface area contributed by atoms with Gasteiger partial charge in [0.2, 0.25) is 5.91 Å². The molecule has 1 heterocycles. The molecule has 4 heteroatoms. The van der Waals surface area contributed by atoms with Crippen molar-refractivity contribution in [1.29, 1.82) is 0 Å². The molecule has 0 aromatic heterocycles. The van der Waals surface area contributed by atoms with Gasteiger partial charge in [-0.15, -0.1) is 0 Å². The Hall–Kier alpha value is -1.55. The molecule has 1 N–H and O–H groups in total. The van der Waals surface area contributed by atoms with Crippen molar-refractivity contribution in [2.45, 2.75) is 26.3 Å². The molecule has 1 aliphatic heterocycles. The number of carbonyl (C=O) groups is 1. The van der Waals surface area contributed by atoms with Crippen LogP contribution in [0.1, 0.15) is 18.9 Å². The molecule has 0 bridgehead atoms. The molecule has 1 amide bonds. The van der Waals surface area contributed by atoms with Crippen LogP contribution in [-0.4, -0.2) is 43.6 Å². The molecule has 1 saturated heterocycles. The molecule has 1 aromatic rings. The Morgan fingerprint density at radius 1 is 1.45 bits per heavy atom. The Kier molecular flexibility index (Phi) is 5.01. The van der Waals surface area contributed by atoms with Crippen molar-refractivity contribution in [3.63, 3.8) is 0 Å². The number of ether oxygens (including phenoxy) is 1. The summed E-state index contributed by atoms with van der Waals surface area (Å²) < 4.78 is 5.73. The first-order valence-electron chi connectivity index (χ1n) is 7.26. The second-order valence-electron chi connectivity index (χ2n) is 5.57. The zero-order chi connectivity index (χ0) is 14.5. The lowest BCUT2D eigenvalue weighted by atomic mass is 10.0. The zero-order valence-electron chi connectivity index (χ0n) is 12.6. The van der Waals surface area contributed by atoms with Crippen molar-refractivity contribution < 1.29 is 9.53 Å². The monoisotopic (exact) mass is 276 g/mol. The van der Waals surface area contributed by atoms with Gasteiger partial charge in [-0.05, 0) is 37.4 Å². The van der Waals surface area contributed by atoms with E-state index >= 15 is 0 Å². The number of amides is 1. The number of aryl methyl sites for hydroxylation is 1. The van der Waals surface area contributed by atoms with Crippen molar-refractivity contribution in [3.8, 4) is 5.75 Å². The Balaban J connectivity index is 1.79. The number of rotatable bonds is 5. The molecular weight excluding hydrogens is 252 g/mol. The average Bonchev–Trinajstić information content (AvgIpc) is 2.86. The normalized spacial score (nSPS) is 21.8. The number of likely N-dealkylation sites (N-methyl/N-ethyl adjacent to an activating group) is 1. The smallest absolute Gasteiger partial charge is 0.239 e. The van der Waals surface area contributed by atoms with Crippen molar-refractivity contribution >= 4 is 5.91 Å². The molecule has 2 atom stereocenters. The third-order valence-corrected chi connectivity index (χ3v) is 3.95. The molecule has 2 rings (SSSR count). The minimum Gasteiger partial charge on any atom is -0.491 e. The topological polar surface area (TPSA) is 41.6 Å². The molecule has 20 heavy (non-hydrogen) atoms. The number of para-hydroxylation sites is 1. The van der Waals surface area contributed by atoms with E-state index < -0.39 is 0 Å². The predicted molar refractivity (Wildman–Crippen MR) is 79.9 cm³/mol. The summed E-state index contributed by atoms with van der Waals surface area (Å²) in [4.78, 5) is 14.0. The van der Waals surface area contributed by atoms with Crippen molar-refractivity contribution in [2.24, 2.45) is 5.92 Å². The maximum atomic E-state index is 12.3. The third kappa shape index (κ3) is 3.51. The van der Waals surface area contributed by atoms with Gasteiger partial charge in [-0.2, -0.15) is 0 Å². The van der Waals surface area contributed by atoms with Gasteiger partial charge in [-0.1, -0.05) is 25.1 Å². The van der Waals surface area contributed by atoms with Crippen LogP contribution in [0, 0.1) is 12.8 Å². The molecule has 0 aliphatic carbocycles. The first-order valence-corrected chi connectivity index (χ1v) is 7.26. The van der Waals surface area contributed by atoms with Crippen LogP contribution < -0.4 is 10.1 Å². The number of benzene rings is 1. The zero-order valence-corrected chi connectivity index (χ0v) is 12.6. The van der Waals surface area contributed by atoms with E-state index in [0.29, 0.717) is 19.1 Å². The van der Waals surface area contributed by atoms with Gasteiger partial charge in [0.1, 0.15) is 12.4 Å². The molecule has 110 valence electrons. The Morgan fingerprint density at radius 2 is 2.20 bits per heavy atom. The van der Waals surface area contributed by atoms with E-state index in [4.69, 9.17) is 4.74 Å². The molecular formula is C16H24N2O2. The van der Waals surface area contributed by atoms with Crippen LogP contribution >= 0.6 is 0 Å². The summed E-state index contributed by atoms with van der Waals surface area (Å²) in [7, 11) is 1.84. The summed E-state index contributed by atoms with van der Waals surface area (Å²) in [6, 6.07) is 7.90. The standard InChI is InChI=1S/C16H24N2O2/c1-12-6-4-5-7-14(12)20-11-10-18(3)16(19)15-13(2)8-9-17-15/h4-7,13,15,17H,8-11H2,1-3H3. The maximum absolute atomic E-state index is 12.3. The third-order valence-electron chi connectivity index (χ3n) is 3.95. The van der Waals surface area contributed by atoms with Crippen LogP contribution in [0.25, 0.3) is 0 Å². The fraction of sp³-hybridized carbons (Fsp3) is 0.562. The largest absolute Gasteiger partial charge is 0.491 e. The SMILES string of the molecule is Cc1ccccc1OCCN(C)C(=O)C1NCCC1C. The first kappa shape index (κ1) is 14.9. The summed E-state index contributed by atoms with van der Waals surface area (Å²) in [6.45, 7) is 6.21. The van der Waals surface area contributed by atoms with Crippen LogP contribution in [0.2, 0.25) is 0 Å². The second-order valence-corrected chi connectivity index (χ2v) is 5.57. The highest BCUT2D eigenvalue weighted by molar-refractivity contribution is 5.82. The average molecular weight is 276 g/mol.